The van der Waals surface area contributed by atoms with Crippen molar-refractivity contribution < 1.29 is 4.74 Å². The van der Waals surface area contributed by atoms with Crippen molar-refractivity contribution in [2.24, 2.45) is 0 Å². The van der Waals surface area contributed by atoms with Gasteiger partial charge in [-0.25, -0.2) is 4.98 Å². The fraction of sp³-hybridized carbons (Fsp3) is 0.308. The van der Waals surface area contributed by atoms with E-state index < -0.39 is 0 Å². The molecule has 1 aromatic carbocycles. The summed E-state index contributed by atoms with van der Waals surface area (Å²) in [6, 6.07) is 6.25. The quantitative estimate of drug-likeness (QED) is 0.900. The van der Waals surface area contributed by atoms with Gasteiger partial charge < -0.3 is 10.1 Å². The van der Waals surface area contributed by atoms with Crippen molar-refractivity contribution in [2.45, 2.75) is 13.3 Å². The highest BCUT2D eigenvalue weighted by Gasteiger charge is 2.10. The Kier molecular flexibility index (Phi) is 3.64. The largest absolute Gasteiger partial charge is 0.496 e. The van der Waals surface area contributed by atoms with Crippen molar-refractivity contribution in [3.05, 3.63) is 29.1 Å². The monoisotopic (exact) mass is 248 g/mol. The summed E-state index contributed by atoms with van der Waals surface area (Å²) in [4.78, 5) is 4.51. The van der Waals surface area contributed by atoms with Gasteiger partial charge in [0.05, 0.1) is 12.7 Å². The van der Waals surface area contributed by atoms with Crippen LogP contribution in [0.25, 0.3) is 10.6 Å². The normalized spacial score (nSPS) is 10.3. The van der Waals surface area contributed by atoms with Crippen LogP contribution in [0.15, 0.2) is 23.6 Å². The molecule has 0 radical (unpaired) electrons. The number of aryl methyl sites for hydroxylation is 1. The van der Waals surface area contributed by atoms with Crippen LogP contribution in [-0.2, 0) is 6.42 Å². The molecular formula is C13H16N2OS. The third kappa shape index (κ3) is 2.42. The zero-order valence-corrected chi connectivity index (χ0v) is 11.1. The van der Waals surface area contributed by atoms with Crippen LogP contribution in [0.2, 0.25) is 0 Å². The average molecular weight is 248 g/mol. The zero-order chi connectivity index (χ0) is 12.3. The number of nitrogens with one attached hydrogen (secondary N) is 1. The summed E-state index contributed by atoms with van der Waals surface area (Å²) in [5.74, 6) is 1.77. The summed E-state index contributed by atoms with van der Waals surface area (Å²) in [6.07, 6.45) is 1.02. The lowest BCUT2D eigenvalue weighted by Crippen LogP contribution is -1.91. The lowest BCUT2D eigenvalue weighted by atomic mass is 10.1. The number of nitrogens with zero attached hydrogens (tertiary/aromatic N) is 1. The topological polar surface area (TPSA) is 34.1 Å². The van der Waals surface area contributed by atoms with E-state index in [2.05, 4.69) is 29.4 Å². The molecule has 0 fully saturated rings. The molecule has 0 saturated heterocycles. The summed E-state index contributed by atoms with van der Waals surface area (Å²) >= 11 is 1.62. The molecule has 0 atom stereocenters. The lowest BCUT2D eigenvalue weighted by molar-refractivity contribution is 0.416. The molecule has 0 bridgehead atoms. The molecule has 3 nitrogen and oxygen atoms in total. The molecule has 0 aliphatic heterocycles. The predicted octanol–water partition coefficient (Wildman–Crippen LogP) is 3.42. The highest BCUT2D eigenvalue weighted by atomic mass is 32.1. The standard InChI is InChI=1S/C13H16N2OS/c1-4-9-5-6-11(16-3)10(7-9)13-15-12(14-2)8-17-13/h5-8,14H,4H2,1-3H3. The number of thiazole rings is 1. The minimum absolute atomic E-state index is 0.874. The Morgan fingerprint density at radius 3 is 2.82 bits per heavy atom. The van der Waals surface area contributed by atoms with Crippen LogP contribution in [0.3, 0.4) is 0 Å². The summed E-state index contributed by atoms with van der Waals surface area (Å²) in [6.45, 7) is 2.15. The molecule has 2 aromatic rings. The molecule has 90 valence electrons. The zero-order valence-electron chi connectivity index (χ0n) is 10.3. The Morgan fingerprint density at radius 1 is 1.41 bits per heavy atom. The Hall–Kier alpha value is -1.55. The van der Waals surface area contributed by atoms with Crippen LogP contribution >= 0.6 is 11.3 Å². The van der Waals surface area contributed by atoms with E-state index in [0.29, 0.717) is 0 Å². The number of ether oxygens (including phenoxy) is 1. The van der Waals surface area contributed by atoms with E-state index in [1.807, 2.05) is 18.5 Å². The van der Waals surface area contributed by atoms with Gasteiger partial charge in [0.2, 0.25) is 0 Å². The number of rotatable bonds is 4. The lowest BCUT2D eigenvalue weighted by Gasteiger charge is -2.07. The van der Waals surface area contributed by atoms with Gasteiger partial charge in [0.25, 0.3) is 0 Å². The van der Waals surface area contributed by atoms with Crippen LogP contribution < -0.4 is 10.1 Å². The minimum Gasteiger partial charge on any atom is -0.496 e. The van der Waals surface area contributed by atoms with Crippen LogP contribution in [-0.4, -0.2) is 19.1 Å². The number of aromatic nitrogens is 1. The van der Waals surface area contributed by atoms with E-state index in [4.69, 9.17) is 4.74 Å². The number of benzene rings is 1. The smallest absolute Gasteiger partial charge is 0.137 e. The van der Waals surface area contributed by atoms with E-state index >= 15 is 0 Å². The summed E-state index contributed by atoms with van der Waals surface area (Å²) < 4.78 is 5.39. The molecule has 2 rings (SSSR count). The van der Waals surface area contributed by atoms with Crippen LogP contribution in [0.1, 0.15) is 12.5 Å². The van der Waals surface area contributed by atoms with Crippen molar-refractivity contribution in [3.8, 4) is 16.3 Å². The van der Waals surface area contributed by atoms with Gasteiger partial charge in [-0.3, -0.25) is 0 Å². The van der Waals surface area contributed by atoms with E-state index in [1.165, 1.54) is 5.56 Å². The second-order valence-corrected chi connectivity index (χ2v) is 4.53. The van der Waals surface area contributed by atoms with Gasteiger partial charge in [-0.2, -0.15) is 0 Å². The fourth-order valence-corrected chi connectivity index (χ4v) is 2.49. The Morgan fingerprint density at radius 2 is 2.24 bits per heavy atom. The Balaban J connectivity index is 2.47. The van der Waals surface area contributed by atoms with E-state index in [-0.39, 0.29) is 0 Å². The molecule has 0 saturated carbocycles. The van der Waals surface area contributed by atoms with Gasteiger partial charge in [-0.1, -0.05) is 13.0 Å². The molecule has 17 heavy (non-hydrogen) atoms. The molecule has 0 amide bonds. The predicted molar refractivity (Wildman–Crippen MR) is 73.0 cm³/mol. The number of hydrogen-bond donors (Lipinski definition) is 1. The molecule has 1 heterocycles. The molecular weight excluding hydrogens is 232 g/mol. The molecule has 1 aromatic heterocycles. The SMILES string of the molecule is CCc1ccc(OC)c(-c2nc(NC)cs2)c1. The van der Waals surface area contributed by atoms with Gasteiger partial charge in [-0.05, 0) is 24.1 Å². The maximum Gasteiger partial charge on any atom is 0.137 e. The second-order valence-electron chi connectivity index (χ2n) is 3.68. The molecule has 0 aliphatic rings. The van der Waals surface area contributed by atoms with Gasteiger partial charge in [0, 0.05) is 12.4 Å². The minimum atomic E-state index is 0.874. The first-order valence-corrected chi connectivity index (χ1v) is 6.47. The number of methoxy groups -OCH3 is 1. The van der Waals surface area contributed by atoms with E-state index in [1.54, 1.807) is 18.4 Å². The van der Waals surface area contributed by atoms with Crippen LogP contribution in [0, 0.1) is 0 Å². The summed E-state index contributed by atoms with van der Waals surface area (Å²) in [5.41, 5.74) is 2.36. The maximum atomic E-state index is 5.39. The van der Waals surface area contributed by atoms with Crippen LogP contribution in [0.4, 0.5) is 5.82 Å². The molecule has 0 unspecified atom stereocenters. The first-order chi connectivity index (χ1) is 8.28. The summed E-state index contributed by atoms with van der Waals surface area (Å²) in [7, 11) is 3.57. The number of hydrogen-bond acceptors (Lipinski definition) is 4. The number of anilines is 1. The molecule has 1 N–H and O–H groups in total. The summed E-state index contributed by atoms with van der Waals surface area (Å²) in [5, 5.41) is 6.04. The highest BCUT2D eigenvalue weighted by Crippen LogP contribution is 2.34. The highest BCUT2D eigenvalue weighted by molar-refractivity contribution is 7.13. The average Bonchev–Trinajstić information content (AvgIpc) is 2.86. The van der Waals surface area contributed by atoms with Crippen molar-refractivity contribution in [3.63, 3.8) is 0 Å². The third-order valence-electron chi connectivity index (χ3n) is 2.66. The van der Waals surface area contributed by atoms with Crippen molar-refractivity contribution >= 4 is 17.2 Å². The molecule has 4 heteroatoms. The van der Waals surface area contributed by atoms with Crippen molar-refractivity contribution in [2.75, 3.05) is 19.5 Å². The van der Waals surface area contributed by atoms with E-state index in [0.717, 1.165) is 28.6 Å². The first-order valence-electron chi connectivity index (χ1n) is 5.59. The Bertz CT molecular complexity index is 508. The third-order valence-corrected chi connectivity index (χ3v) is 3.54. The van der Waals surface area contributed by atoms with E-state index in [9.17, 15) is 0 Å². The molecule has 0 aliphatic carbocycles. The second kappa shape index (κ2) is 5.19. The molecule has 0 spiro atoms. The first kappa shape index (κ1) is 11.9. The fourth-order valence-electron chi connectivity index (χ4n) is 1.65. The Labute approximate surface area is 105 Å². The van der Waals surface area contributed by atoms with Gasteiger partial charge >= 0.3 is 0 Å². The van der Waals surface area contributed by atoms with Crippen LogP contribution in [0.5, 0.6) is 5.75 Å². The van der Waals surface area contributed by atoms with Crippen molar-refractivity contribution in [1.82, 2.24) is 4.98 Å². The van der Waals surface area contributed by atoms with Gasteiger partial charge in [0.1, 0.15) is 16.6 Å². The van der Waals surface area contributed by atoms with Crippen molar-refractivity contribution in [1.29, 1.82) is 0 Å². The van der Waals surface area contributed by atoms with Gasteiger partial charge in [0.15, 0.2) is 0 Å². The maximum absolute atomic E-state index is 5.39. The van der Waals surface area contributed by atoms with Gasteiger partial charge in [-0.15, -0.1) is 11.3 Å².